The van der Waals surface area contributed by atoms with Gasteiger partial charge < -0.3 is 14.4 Å². The van der Waals surface area contributed by atoms with E-state index in [0.717, 1.165) is 22.4 Å². The van der Waals surface area contributed by atoms with Crippen LogP contribution >= 0.6 is 15.9 Å². The smallest absolute Gasteiger partial charge is 0.228 e. The van der Waals surface area contributed by atoms with Gasteiger partial charge in [0.1, 0.15) is 0 Å². The Labute approximate surface area is 155 Å². The highest BCUT2D eigenvalue weighted by Gasteiger charge is 2.40. The number of nitrogens with zero attached hydrogens (tertiary/aromatic N) is 3. The van der Waals surface area contributed by atoms with Crippen LogP contribution in [-0.2, 0) is 16.1 Å². The van der Waals surface area contributed by atoms with Gasteiger partial charge in [-0.2, -0.15) is 0 Å². The maximum absolute atomic E-state index is 13.1. The Kier molecular flexibility index (Phi) is 4.15. The predicted octanol–water partition coefficient (Wildman–Crippen LogP) is 3.21. The fraction of sp³-hybridized carbons (Fsp3) is 0.368. The zero-order valence-corrected chi connectivity index (χ0v) is 15.6. The molecule has 0 spiro atoms. The fourth-order valence-corrected chi connectivity index (χ4v) is 4.39. The van der Waals surface area contributed by atoms with E-state index in [-0.39, 0.29) is 30.2 Å². The molecule has 0 aliphatic carbocycles. The maximum Gasteiger partial charge on any atom is 0.228 e. The van der Waals surface area contributed by atoms with E-state index in [9.17, 15) is 9.59 Å². The van der Waals surface area contributed by atoms with Gasteiger partial charge in [-0.3, -0.25) is 9.59 Å². The number of benzene rings is 1. The van der Waals surface area contributed by atoms with E-state index in [1.54, 1.807) is 4.90 Å². The fourth-order valence-electron chi connectivity index (χ4n) is 3.89. The van der Waals surface area contributed by atoms with Crippen LogP contribution < -0.4 is 4.90 Å². The highest BCUT2D eigenvalue weighted by molar-refractivity contribution is 9.10. The SMILES string of the molecule is C[C@H]1c2cccn2CCN1C(=O)[C@@H]1CC(=O)N(c2ccccc2Br)C1. The van der Waals surface area contributed by atoms with Crippen molar-refractivity contribution in [3.05, 3.63) is 52.8 Å². The van der Waals surface area contributed by atoms with Crippen LogP contribution in [-0.4, -0.2) is 34.4 Å². The molecule has 130 valence electrons. The van der Waals surface area contributed by atoms with E-state index in [4.69, 9.17) is 0 Å². The van der Waals surface area contributed by atoms with Gasteiger partial charge in [-0.15, -0.1) is 0 Å². The van der Waals surface area contributed by atoms with Gasteiger partial charge in [0, 0.05) is 42.4 Å². The van der Waals surface area contributed by atoms with E-state index in [0.29, 0.717) is 13.1 Å². The number of carbonyl (C=O) groups excluding carboxylic acids is 2. The molecule has 0 unspecified atom stereocenters. The van der Waals surface area contributed by atoms with Crippen LogP contribution in [0.5, 0.6) is 0 Å². The summed E-state index contributed by atoms with van der Waals surface area (Å²) in [5.74, 6) is -0.176. The molecule has 5 nitrogen and oxygen atoms in total. The van der Waals surface area contributed by atoms with Crippen LogP contribution in [0.3, 0.4) is 0 Å². The van der Waals surface area contributed by atoms with Crippen molar-refractivity contribution in [2.75, 3.05) is 18.0 Å². The maximum atomic E-state index is 13.1. The molecule has 2 aliphatic rings. The Morgan fingerprint density at radius 1 is 1.16 bits per heavy atom. The van der Waals surface area contributed by atoms with E-state index in [1.165, 1.54) is 0 Å². The molecule has 1 saturated heterocycles. The minimum Gasteiger partial charge on any atom is -0.348 e. The Hall–Kier alpha value is -2.08. The summed E-state index contributed by atoms with van der Waals surface area (Å²) < 4.78 is 3.07. The van der Waals surface area contributed by atoms with Crippen molar-refractivity contribution in [3.8, 4) is 0 Å². The van der Waals surface area contributed by atoms with Crippen molar-refractivity contribution in [1.82, 2.24) is 9.47 Å². The third-order valence-corrected chi connectivity index (χ3v) is 5.91. The summed E-state index contributed by atoms with van der Waals surface area (Å²) in [6, 6.07) is 11.8. The van der Waals surface area contributed by atoms with Gasteiger partial charge in [0.2, 0.25) is 11.8 Å². The molecule has 0 bridgehead atoms. The van der Waals surface area contributed by atoms with Crippen LogP contribution in [0.25, 0.3) is 0 Å². The van der Waals surface area contributed by atoms with E-state index >= 15 is 0 Å². The first kappa shape index (κ1) is 16.4. The van der Waals surface area contributed by atoms with Gasteiger partial charge in [0.05, 0.1) is 17.6 Å². The van der Waals surface area contributed by atoms with E-state index in [2.05, 4.69) is 39.7 Å². The summed E-state index contributed by atoms with van der Waals surface area (Å²) in [5, 5.41) is 0. The lowest BCUT2D eigenvalue weighted by Gasteiger charge is -2.36. The molecule has 0 radical (unpaired) electrons. The average molecular weight is 402 g/mol. The molecule has 0 saturated carbocycles. The summed E-state index contributed by atoms with van der Waals surface area (Å²) in [4.78, 5) is 29.2. The Bertz CT molecular complexity index is 832. The van der Waals surface area contributed by atoms with Crippen molar-refractivity contribution >= 4 is 33.4 Å². The first-order chi connectivity index (χ1) is 12.1. The molecule has 1 fully saturated rings. The van der Waals surface area contributed by atoms with Gasteiger partial charge in [-0.1, -0.05) is 12.1 Å². The lowest BCUT2D eigenvalue weighted by Crippen LogP contribution is -2.44. The summed E-state index contributed by atoms with van der Waals surface area (Å²) in [5.41, 5.74) is 2.00. The number of fused-ring (bicyclic) bond motifs is 1. The molecule has 2 atom stereocenters. The lowest BCUT2D eigenvalue weighted by molar-refractivity contribution is -0.139. The van der Waals surface area contributed by atoms with Gasteiger partial charge in [-0.25, -0.2) is 0 Å². The Morgan fingerprint density at radius 3 is 2.76 bits per heavy atom. The molecule has 3 heterocycles. The normalized spacial score (nSPS) is 23.0. The summed E-state index contributed by atoms with van der Waals surface area (Å²) in [6.07, 6.45) is 2.34. The largest absolute Gasteiger partial charge is 0.348 e. The standard InChI is InChI=1S/C19H20BrN3O2/c1-13-16-7-4-8-21(16)9-10-22(13)19(25)14-11-18(24)23(12-14)17-6-3-2-5-15(17)20/h2-8,13-14H,9-12H2,1H3/t13-,14+/m0/s1. The second kappa shape index (κ2) is 6.33. The molecule has 2 aromatic rings. The highest BCUT2D eigenvalue weighted by Crippen LogP contribution is 2.34. The Morgan fingerprint density at radius 2 is 1.96 bits per heavy atom. The van der Waals surface area contributed by atoms with Crippen molar-refractivity contribution in [2.24, 2.45) is 5.92 Å². The molecular weight excluding hydrogens is 382 g/mol. The minimum atomic E-state index is -0.274. The second-order valence-corrected chi connectivity index (χ2v) is 7.55. The van der Waals surface area contributed by atoms with Crippen LogP contribution in [0.1, 0.15) is 25.1 Å². The zero-order chi connectivity index (χ0) is 17.6. The van der Waals surface area contributed by atoms with Crippen molar-refractivity contribution in [3.63, 3.8) is 0 Å². The summed E-state index contributed by atoms with van der Waals surface area (Å²) in [7, 11) is 0. The van der Waals surface area contributed by atoms with E-state index < -0.39 is 0 Å². The van der Waals surface area contributed by atoms with Gasteiger partial charge in [0.25, 0.3) is 0 Å². The third kappa shape index (κ3) is 2.78. The van der Waals surface area contributed by atoms with Crippen LogP contribution in [0.2, 0.25) is 0 Å². The van der Waals surface area contributed by atoms with Gasteiger partial charge >= 0.3 is 0 Å². The van der Waals surface area contributed by atoms with Gasteiger partial charge in [-0.05, 0) is 47.1 Å². The van der Waals surface area contributed by atoms with Crippen LogP contribution in [0.4, 0.5) is 5.69 Å². The highest BCUT2D eigenvalue weighted by atomic mass is 79.9. The van der Waals surface area contributed by atoms with Crippen LogP contribution in [0.15, 0.2) is 47.1 Å². The number of hydrogen-bond acceptors (Lipinski definition) is 2. The molecule has 1 aromatic heterocycles. The number of carbonyl (C=O) groups is 2. The first-order valence-electron chi connectivity index (χ1n) is 8.56. The third-order valence-electron chi connectivity index (χ3n) is 5.24. The van der Waals surface area contributed by atoms with Gasteiger partial charge in [0.15, 0.2) is 0 Å². The number of rotatable bonds is 2. The molecule has 4 rings (SSSR count). The number of halogens is 1. The molecule has 1 aromatic carbocycles. The number of para-hydroxylation sites is 1. The number of amides is 2. The van der Waals surface area contributed by atoms with Crippen molar-refractivity contribution < 1.29 is 9.59 Å². The zero-order valence-electron chi connectivity index (χ0n) is 14.1. The topological polar surface area (TPSA) is 45.6 Å². The monoisotopic (exact) mass is 401 g/mol. The molecule has 0 N–H and O–H groups in total. The van der Waals surface area contributed by atoms with Crippen molar-refractivity contribution in [2.45, 2.75) is 25.9 Å². The number of aromatic nitrogens is 1. The van der Waals surface area contributed by atoms with Crippen LogP contribution in [0, 0.1) is 5.92 Å². The minimum absolute atomic E-state index is 0.0123. The quantitative estimate of drug-likeness (QED) is 0.775. The summed E-state index contributed by atoms with van der Waals surface area (Å²) in [6.45, 7) is 4.02. The molecule has 2 amide bonds. The summed E-state index contributed by atoms with van der Waals surface area (Å²) >= 11 is 3.50. The molecule has 2 aliphatic heterocycles. The predicted molar refractivity (Wildman–Crippen MR) is 99.2 cm³/mol. The molecular formula is C19H20BrN3O2. The number of hydrogen-bond donors (Lipinski definition) is 0. The van der Waals surface area contributed by atoms with Crippen molar-refractivity contribution in [1.29, 1.82) is 0 Å². The lowest BCUT2D eigenvalue weighted by atomic mass is 10.0. The Balaban J connectivity index is 1.53. The second-order valence-electron chi connectivity index (χ2n) is 6.69. The average Bonchev–Trinajstić information content (AvgIpc) is 3.22. The molecule has 6 heteroatoms. The number of anilines is 1. The first-order valence-corrected chi connectivity index (χ1v) is 9.36. The molecule has 25 heavy (non-hydrogen) atoms. The van der Waals surface area contributed by atoms with E-state index in [1.807, 2.05) is 35.2 Å².